The van der Waals surface area contributed by atoms with Crippen LogP contribution in [0, 0.1) is 5.92 Å². The molecule has 0 N–H and O–H groups in total. The lowest BCUT2D eigenvalue weighted by atomic mass is 10.0. The number of hydrogen-bond acceptors (Lipinski definition) is 2. The lowest BCUT2D eigenvalue weighted by Crippen LogP contribution is -2.35. The van der Waals surface area contributed by atoms with Gasteiger partial charge in [0.1, 0.15) is 0 Å². The van der Waals surface area contributed by atoms with E-state index >= 15 is 0 Å². The summed E-state index contributed by atoms with van der Waals surface area (Å²) < 4.78 is 0. The first-order valence-electron chi connectivity index (χ1n) is 6.20. The van der Waals surface area contributed by atoms with Crippen molar-refractivity contribution in [2.24, 2.45) is 5.92 Å². The first-order valence-corrected chi connectivity index (χ1v) is 6.83. The third-order valence-electron chi connectivity index (χ3n) is 3.25. The predicted octanol–water partition coefficient (Wildman–Crippen LogP) is 2.64. The van der Waals surface area contributed by atoms with Gasteiger partial charge in [0.25, 0.3) is 5.91 Å². The molecule has 0 saturated carbocycles. The van der Waals surface area contributed by atoms with Crippen molar-refractivity contribution in [2.45, 2.75) is 19.8 Å². The maximum absolute atomic E-state index is 12.4. The molecule has 0 bridgehead atoms. The maximum atomic E-state index is 12.4. The summed E-state index contributed by atoms with van der Waals surface area (Å²) in [6.45, 7) is 3.82. The highest BCUT2D eigenvalue weighted by Crippen LogP contribution is 2.19. The van der Waals surface area contributed by atoms with E-state index in [-0.39, 0.29) is 5.91 Å². The zero-order valence-electron chi connectivity index (χ0n) is 10.2. The summed E-state index contributed by atoms with van der Waals surface area (Å²) in [6, 6.07) is 7.97. The predicted molar refractivity (Wildman–Crippen MR) is 73.7 cm³/mol. The van der Waals surface area contributed by atoms with Crippen LogP contribution in [0.2, 0.25) is 0 Å². The zero-order valence-corrected chi connectivity index (χ0v) is 11.1. The summed E-state index contributed by atoms with van der Waals surface area (Å²) in [5.74, 6) is 1.46. The van der Waals surface area contributed by atoms with E-state index in [9.17, 15) is 4.79 Å². The number of benzene rings is 1. The highest BCUT2D eigenvalue weighted by Gasteiger charge is 2.22. The molecular formula is C14H19NOS. The van der Waals surface area contributed by atoms with Gasteiger partial charge in [0.05, 0.1) is 0 Å². The third-order valence-corrected chi connectivity index (χ3v) is 3.88. The van der Waals surface area contributed by atoms with Gasteiger partial charge in [0.2, 0.25) is 0 Å². The van der Waals surface area contributed by atoms with Gasteiger partial charge in [-0.05, 0) is 36.1 Å². The van der Waals surface area contributed by atoms with Gasteiger partial charge in [-0.15, -0.1) is 0 Å². The van der Waals surface area contributed by atoms with Crippen molar-refractivity contribution in [3.63, 3.8) is 0 Å². The lowest BCUT2D eigenvalue weighted by molar-refractivity contribution is 0.0743. The number of rotatable bonds is 3. The minimum atomic E-state index is 0.187. The fraction of sp³-hybridized carbons (Fsp3) is 0.500. The van der Waals surface area contributed by atoms with E-state index in [2.05, 4.69) is 25.6 Å². The average Bonchev–Trinajstić information content (AvgIpc) is 2.51. The fourth-order valence-corrected chi connectivity index (χ4v) is 2.40. The first kappa shape index (κ1) is 12.5. The van der Waals surface area contributed by atoms with Gasteiger partial charge in [-0.25, -0.2) is 0 Å². The Kier molecular flexibility index (Phi) is 4.11. The highest BCUT2D eigenvalue weighted by atomic mass is 32.1. The van der Waals surface area contributed by atoms with Crippen LogP contribution in [0.5, 0.6) is 0 Å². The Bertz CT molecular complexity index is 405. The van der Waals surface area contributed by atoms with Gasteiger partial charge >= 0.3 is 0 Å². The van der Waals surface area contributed by atoms with E-state index in [0.717, 1.165) is 37.2 Å². The van der Waals surface area contributed by atoms with Crippen molar-refractivity contribution in [2.75, 3.05) is 18.8 Å². The van der Waals surface area contributed by atoms with Gasteiger partial charge in [-0.2, -0.15) is 12.6 Å². The normalized spacial score (nSPS) is 17.5. The van der Waals surface area contributed by atoms with Crippen molar-refractivity contribution in [1.82, 2.24) is 4.90 Å². The van der Waals surface area contributed by atoms with Crippen molar-refractivity contribution in [1.29, 1.82) is 0 Å². The van der Waals surface area contributed by atoms with Crippen LogP contribution in [0.25, 0.3) is 0 Å². The molecule has 1 amide bonds. The molecule has 1 aliphatic rings. The summed E-state index contributed by atoms with van der Waals surface area (Å²) in [5, 5.41) is 0. The van der Waals surface area contributed by atoms with Crippen LogP contribution in [-0.2, 0) is 6.42 Å². The standard InChI is InChI=1S/C14H19NOS/c1-11(10-17)9-15-8-4-6-12-5-2-3-7-13(12)14(15)16/h2-3,5,7,11,17H,4,6,8-10H2,1H3. The second-order valence-electron chi connectivity index (χ2n) is 4.80. The number of nitrogens with zero attached hydrogens (tertiary/aromatic N) is 1. The van der Waals surface area contributed by atoms with Crippen LogP contribution in [0.1, 0.15) is 29.3 Å². The Balaban J connectivity index is 2.20. The highest BCUT2D eigenvalue weighted by molar-refractivity contribution is 7.80. The fourth-order valence-electron chi connectivity index (χ4n) is 2.29. The van der Waals surface area contributed by atoms with E-state index < -0.39 is 0 Å². The van der Waals surface area contributed by atoms with E-state index in [1.807, 2.05) is 23.1 Å². The number of thiol groups is 1. The Labute approximate surface area is 108 Å². The van der Waals surface area contributed by atoms with Crippen molar-refractivity contribution in [3.8, 4) is 0 Å². The minimum Gasteiger partial charge on any atom is -0.338 e. The molecule has 0 saturated heterocycles. The largest absolute Gasteiger partial charge is 0.338 e. The van der Waals surface area contributed by atoms with Crippen molar-refractivity contribution >= 4 is 18.5 Å². The summed E-state index contributed by atoms with van der Waals surface area (Å²) in [4.78, 5) is 14.4. The molecule has 1 aromatic carbocycles. The zero-order chi connectivity index (χ0) is 12.3. The molecule has 2 rings (SSSR count). The summed E-state index contributed by atoms with van der Waals surface area (Å²) in [5.41, 5.74) is 2.08. The number of hydrogen-bond donors (Lipinski definition) is 1. The smallest absolute Gasteiger partial charge is 0.254 e. The molecule has 3 heteroatoms. The van der Waals surface area contributed by atoms with Crippen molar-refractivity contribution in [3.05, 3.63) is 35.4 Å². The quantitative estimate of drug-likeness (QED) is 0.817. The van der Waals surface area contributed by atoms with E-state index in [4.69, 9.17) is 0 Å². The van der Waals surface area contributed by atoms with Gasteiger partial charge in [-0.1, -0.05) is 25.1 Å². The number of fused-ring (bicyclic) bond motifs is 1. The van der Waals surface area contributed by atoms with Crippen LogP contribution < -0.4 is 0 Å². The summed E-state index contributed by atoms with van der Waals surface area (Å²) in [6.07, 6.45) is 2.07. The Morgan fingerprint density at radius 3 is 2.94 bits per heavy atom. The number of amides is 1. The lowest BCUT2D eigenvalue weighted by Gasteiger charge is -2.23. The molecule has 92 valence electrons. The topological polar surface area (TPSA) is 20.3 Å². The Morgan fingerprint density at radius 2 is 2.18 bits per heavy atom. The first-order chi connectivity index (χ1) is 8.22. The Hall–Kier alpha value is -0.960. The van der Waals surface area contributed by atoms with E-state index in [1.54, 1.807) is 0 Å². The molecular weight excluding hydrogens is 230 g/mol. The molecule has 0 fully saturated rings. The van der Waals surface area contributed by atoms with Crippen LogP contribution >= 0.6 is 12.6 Å². The van der Waals surface area contributed by atoms with Gasteiger partial charge in [-0.3, -0.25) is 4.79 Å². The SMILES string of the molecule is CC(CS)CN1CCCc2ccccc2C1=O. The number of carbonyl (C=O) groups is 1. The molecule has 1 heterocycles. The molecule has 1 atom stereocenters. The molecule has 17 heavy (non-hydrogen) atoms. The number of carbonyl (C=O) groups excluding carboxylic acids is 1. The molecule has 0 radical (unpaired) electrons. The molecule has 1 aliphatic heterocycles. The van der Waals surface area contributed by atoms with Crippen LogP contribution in [0.3, 0.4) is 0 Å². The van der Waals surface area contributed by atoms with Crippen LogP contribution in [-0.4, -0.2) is 29.6 Å². The second-order valence-corrected chi connectivity index (χ2v) is 5.16. The molecule has 0 aromatic heterocycles. The molecule has 0 aliphatic carbocycles. The summed E-state index contributed by atoms with van der Waals surface area (Å²) >= 11 is 4.29. The van der Waals surface area contributed by atoms with E-state index in [0.29, 0.717) is 5.92 Å². The minimum absolute atomic E-state index is 0.187. The third kappa shape index (κ3) is 2.83. The second kappa shape index (κ2) is 5.58. The molecule has 2 nitrogen and oxygen atoms in total. The monoisotopic (exact) mass is 249 g/mol. The Morgan fingerprint density at radius 1 is 1.41 bits per heavy atom. The maximum Gasteiger partial charge on any atom is 0.254 e. The summed E-state index contributed by atoms with van der Waals surface area (Å²) in [7, 11) is 0. The van der Waals surface area contributed by atoms with Gasteiger partial charge in [0, 0.05) is 18.7 Å². The number of aryl methyl sites for hydroxylation is 1. The van der Waals surface area contributed by atoms with Crippen molar-refractivity contribution < 1.29 is 4.79 Å². The molecule has 1 aromatic rings. The molecule has 0 spiro atoms. The van der Waals surface area contributed by atoms with Gasteiger partial charge in [0.15, 0.2) is 0 Å². The molecule has 1 unspecified atom stereocenters. The average molecular weight is 249 g/mol. The van der Waals surface area contributed by atoms with Gasteiger partial charge < -0.3 is 4.90 Å². The van der Waals surface area contributed by atoms with E-state index in [1.165, 1.54) is 5.56 Å². The van der Waals surface area contributed by atoms with Crippen LogP contribution in [0.15, 0.2) is 24.3 Å². The van der Waals surface area contributed by atoms with Crippen LogP contribution in [0.4, 0.5) is 0 Å².